The molecule has 0 bridgehead atoms. The molecular weight excluding hydrogens is 376 g/mol. The highest BCUT2D eigenvalue weighted by molar-refractivity contribution is 5.76. The Morgan fingerprint density at radius 3 is 2.60 bits per heavy atom. The Labute approximate surface area is 178 Å². The molecule has 0 spiro atoms. The highest BCUT2D eigenvalue weighted by Crippen LogP contribution is 2.15. The Morgan fingerprint density at radius 2 is 1.90 bits per heavy atom. The van der Waals surface area contributed by atoms with Crippen LogP contribution in [0.1, 0.15) is 42.8 Å². The minimum absolute atomic E-state index is 0.0673. The third kappa shape index (κ3) is 5.21. The van der Waals surface area contributed by atoms with Crippen molar-refractivity contribution in [1.29, 1.82) is 0 Å². The van der Waals surface area contributed by atoms with Gasteiger partial charge in [-0.3, -0.25) is 9.69 Å². The number of likely N-dealkylation sites (N-methyl/N-ethyl adjacent to an activating group) is 1. The second-order valence-electron chi connectivity index (χ2n) is 7.60. The van der Waals surface area contributed by atoms with E-state index >= 15 is 0 Å². The monoisotopic (exact) mass is 408 g/mol. The molecule has 0 radical (unpaired) electrons. The third-order valence-electron chi connectivity index (χ3n) is 5.77. The van der Waals surface area contributed by atoms with Gasteiger partial charge in [-0.25, -0.2) is 9.50 Å². The van der Waals surface area contributed by atoms with E-state index in [4.69, 9.17) is 0 Å². The number of hydrogen-bond acceptors (Lipinski definition) is 5. The molecule has 1 N–H and O–H groups in total. The zero-order valence-corrected chi connectivity index (χ0v) is 18.4. The number of amides is 1. The molecule has 3 aromatic rings. The number of aryl methyl sites for hydroxylation is 2. The Morgan fingerprint density at radius 1 is 1.17 bits per heavy atom. The van der Waals surface area contributed by atoms with E-state index in [1.807, 2.05) is 19.9 Å². The lowest BCUT2D eigenvalue weighted by Crippen LogP contribution is -2.45. The molecule has 0 saturated heterocycles. The number of carbonyl (C=O) groups is 1. The SMILES string of the molecule is CCN(CC)C(CNC(=O)CCc1c(C)nc2ncnn2c1C)Cc1ccccc1. The molecular formula is C23H32N6O. The summed E-state index contributed by atoms with van der Waals surface area (Å²) in [5.74, 6) is 0.666. The molecule has 7 nitrogen and oxygen atoms in total. The average Bonchev–Trinajstić information content (AvgIpc) is 3.22. The molecule has 2 heterocycles. The van der Waals surface area contributed by atoms with Crippen molar-refractivity contribution in [2.75, 3.05) is 19.6 Å². The van der Waals surface area contributed by atoms with Crippen LogP contribution in [0.25, 0.3) is 5.78 Å². The third-order valence-corrected chi connectivity index (χ3v) is 5.77. The summed E-state index contributed by atoms with van der Waals surface area (Å²) in [6.45, 7) is 10.9. The minimum Gasteiger partial charge on any atom is -0.355 e. The predicted octanol–water partition coefficient (Wildman–Crippen LogP) is 2.74. The first-order valence-corrected chi connectivity index (χ1v) is 10.7. The maximum absolute atomic E-state index is 12.6. The normalized spacial score (nSPS) is 12.4. The molecule has 0 aliphatic heterocycles. The lowest BCUT2D eigenvalue weighted by molar-refractivity contribution is -0.121. The van der Waals surface area contributed by atoms with E-state index < -0.39 is 0 Å². The molecule has 2 aromatic heterocycles. The fourth-order valence-corrected chi connectivity index (χ4v) is 4.03. The van der Waals surface area contributed by atoms with Crippen LogP contribution in [0.5, 0.6) is 0 Å². The zero-order chi connectivity index (χ0) is 21.5. The fourth-order valence-electron chi connectivity index (χ4n) is 4.03. The van der Waals surface area contributed by atoms with Crippen LogP contribution < -0.4 is 5.32 Å². The van der Waals surface area contributed by atoms with Gasteiger partial charge in [0.2, 0.25) is 5.91 Å². The van der Waals surface area contributed by atoms with E-state index in [2.05, 4.69) is 63.4 Å². The van der Waals surface area contributed by atoms with Gasteiger partial charge in [0.15, 0.2) is 0 Å². The van der Waals surface area contributed by atoms with Gasteiger partial charge < -0.3 is 5.32 Å². The summed E-state index contributed by atoms with van der Waals surface area (Å²) in [6, 6.07) is 10.8. The van der Waals surface area contributed by atoms with Crippen molar-refractivity contribution >= 4 is 11.7 Å². The van der Waals surface area contributed by atoms with Crippen LogP contribution in [-0.2, 0) is 17.6 Å². The van der Waals surface area contributed by atoms with Crippen molar-refractivity contribution < 1.29 is 4.79 Å². The molecule has 0 aliphatic carbocycles. The summed E-state index contributed by atoms with van der Waals surface area (Å²) in [6.07, 6.45) is 3.50. The molecule has 7 heteroatoms. The smallest absolute Gasteiger partial charge is 0.252 e. The quantitative estimate of drug-likeness (QED) is 0.558. The summed E-state index contributed by atoms with van der Waals surface area (Å²) in [7, 11) is 0. The predicted molar refractivity (Wildman–Crippen MR) is 118 cm³/mol. The first-order chi connectivity index (χ1) is 14.5. The number of nitrogens with one attached hydrogen (secondary N) is 1. The Balaban J connectivity index is 1.60. The van der Waals surface area contributed by atoms with Crippen LogP contribution in [-0.4, -0.2) is 56.1 Å². The summed E-state index contributed by atoms with van der Waals surface area (Å²) in [5, 5.41) is 7.38. The number of rotatable bonds is 10. The van der Waals surface area contributed by atoms with Crippen molar-refractivity contribution in [3.8, 4) is 0 Å². The first kappa shape index (κ1) is 21.9. The van der Waals surface area contributed by atoms with E-state index in [1.165, 1.54) is 11.9 Å². The molecule has 0 aliphatic rings. The summed E-state index contributed by atoms with van der Waals surface area (Å²) < 4.78 is 1.73. The second-order valence-corrected chi connectivity index (χ2v) is 7.60. The molecule has 3 rings (SSSR count). The average molecular weight is 409 g/mol. The maximum Gasteiger partial charge on any atom is 0.252 e. The van der Waals surface area contributed by atoms with Crippen LogP contribution in [0.2, 0.25) is 0 Å². The molecule has 0 saturated carbocycles. The molecule has 160 valence electrons. The van der Waals surface area contributed by atoms with Gasteiger partial charge in [0, 0.05) is 30.4 Å². The van der Waals surface area contributed by atoms with Gasteiger partial charge in [0.1, 0.15) is 6.33 Å². The van der Waals surface area contributed by atoms with E-state index in [1.54, 1.807) is 4.52 Å². The lowest BCUT2D eigenvalue weighted by Gasteiger charge is -2.30. The minimum atomic E-state index is 0.0673. The topological polar surface area (TPSA) is 75.4 Å². The number of carbonyl (C=O) groups excluding carboxylic acids is 1. The second kappa shape index (κ2) is 10.3. The largest absolute Gasteiger partial charge is 0.355 e. The van der Waals surface area contributed by atoms with E-state index in [0.29, 0.717) is 25.2 Å². The first-order valence-electron chi connectivity index (χ1n) is 10.7. The van der Waals surface area contributed by atoms with Crippen LogP contribution in [0.4, 0.5) is 0 Å². The van der Waals surface area contributed by atoms with E-state index in [-0.39, 0.29) is 11.9 Å². The Bertz CT molecular complexity index is 964. The summed E-state index contributed by atoms with van der Waals surface area (Å²) in [4.78, 5) is 23.7. The zero-order valence-electron chi connectivity index (χ0n) is 18.4. The van der Waals surface area contributed by atoms with Gasteiger partial charge in [-0.15, -0.1) is 0 Å². The van der Waals surface area contributed by atoms with Crippen LogP contribution >= 0.6 is 0 Å². The summed E-state index contributed by atoms with van der Waals surface area (Å²) in [5.41, 5.74) is 4.26. The standard InChI is InChI=1S/C23H32N6O/c1-5-28(6-2)20(14-19-10-8-7-9-11-19)15-24-22(30)13-12-21-17(3)27-23-25-16-26-29(23)18(21)4/h7-11,16,20H,5-6,12-15H2,1-4H3,(H,24,30). The highest BCUT2D eigenvalue weighted by Gasteiger charge is 2.18. The number of nitrogens with zero attached hydrogens (tertiary/aromatic N) is 5. The molecule has 1 atom stereocenters. The molecule has 1 unspecified atom stereocenters. The number of hydrogen-bond donors (Lipinski definition) is 1. The van der Waals surface area contributed by atoms with Crippen molar-refractivity contribution in [2.24, 2.45) is 0 Å². The van der Waals surface area contributed by atoms with Gasteiger partial charge in [0.05, 0.1) is 0 Å². The molecule has 0 fully saturated rings. The molecule has 1 aromatic carbocycles. The van der Waals surface area contributed by atoms with Crippen molar-refractivity contribution in [3.63, 3.8) is 0 Å². The summed E-state index contributed by atoms with van der Waals surface area (Å²) >= 11 is 0. The van der Waals surface area contributed by atoms with E-state index in [0.717, 1.165) is 36.5 Å². The van der Waals surface area contributed by atoms with Crippen molar-refractivity contribution in [2.45, 2.75) is 53.0 Å². The van der Waals surface area contributed by atoms with Gasteiger partial charge in [-0.05, 0) is 50.9 Å². The van der Waals surface area contributed by atoms with Crippen molar-refractivity contribution in [3.05, 3.63) is 59.2 Å². The Hall–Kier alpha value is -2.80. The number of fused-ring (bicyclic) bond motifs is 1. The maximum atomic E-state index is 12.6. The Kier molecular flexibility index (Phi) is 7.52. The number of aromatic nitrogens is 4. The molecule has 1 amide bonds. The van der Waals surface area contributed by atoms with Gasteiger partial charge >= 0.3 is 0 Å². The van der Waals surface area contributed by atoms with E-state index in [9.17, 15) is 4.79 Å². The van der Waals surface area contributed by atoms with Crippen LogP contribution in [0.3, 0.4) is 0 Å². The van der Waals surface area contributed by atoms with Crippen LogP contribution in [0.15, 0.2) is 36.7 Å². The lowest BCUT2D eigenvalue weighted by atomic mass is 10.0. The van der Waals surface area contributed by atoms with Gasteiger partial charge in [-0.1, -0.05) is 44.2 Å². The molecule has 30 heavy (non-hydrogen) atoms. The fraction of sp³-hybridized carbons (Fsp3) is 0.478. The van der Waals surface area contributed by atoms with Crippen molar-refractivity contribution in [1.82, 2.24) is 29.8 Å². The van der Waals surface area contributed by atoms with Gasteiger partial charge in [-0.2, -0.15) is 10.1 Å². The van der Waals surface area contributed by atoms with Crippen LogP contribution in [0, 0.1) is 13.8 Å². The van der Waals surface area contributed by atoms with Gasteiger partial charge in [0.25, 0.3) is 5.78 Å². The number of benzene rings is 1. The highest BCUT2D eigenvalue weighted by atomic mass is 16.1.